The molecule has 1 saturated heterocycles. The summed E-state index contributed by atoms with van der Waals surface area (Å²) < 4.78 is 5.10. The number of aryl methyl sites for hydroxylation is 2. The first-order chi connectivity index (χ1) is 11.8. The lowest BCUT2D eigenvalue weighted by Crippen LogP contribution is -2.39. The van der Waals surface area contributed by atoms with Crippen molar-refractivity contribution < 1.29 is 4.52 Å². The van der Waals surface area contributed by atoms with Gasteiger partial charge < -0.3 is 20.1 Å². The number of guanidine groups is 1. The molecule has 0 saturated carbocycles. The molecule has 0 spiro atoms. The Morgan fingerprint density at radius 1 is 1.12 bits per heavy atom. The maximum atomic E-state index is 5.10. The highest BCUT2D eigenvalue weighted by molar-refractivity contribution is 14.0. The number of nitrogens with zero attached hydrogens (tertiary/aromatic N) is 4. The second-order valence-corrected chi connectivity index (χ2v) is 6.37. The van der Waals surface area contributed by atoms with E-state index in [2.05, 4.69) is 30.7 Å². The Bertz CT molecular complexity index is 485. The Hall–Kier alpha value is -0.900. The highest BCUT2D eigenvalue weighted by atomic mass is 127. The van der Waals surface area contributed by atoms with Crippen LogP contribution in [0.25, 0.3) is 0 Å². The molecule has 1 aromatic heterocycles. The third-order valence-corrected chi connectivity index (χ3v) is 4.30. The first-order valence-corrected chi connectivity index (χ1v) is 9.24. The summed E-state index contributed by atoms with van der Waals surface area (Å²) in [6.07, 6.45) is 8.40. The average Bonchev–Trinajstić information content (AvgIpc) is 2.84. The lowest BCUT2D eigenvalue weighted by Gasteiger charge is -2.20. The first-order valence-electron chi connectivity index (χ1n) is 9.24. The number of halogens is 1. The molecule has 0 bridgehead atoms. The van der Waals surface area contributed by atoms with Crippen molar-refractivity contribution in [3.05, 3.63) is 11.7 Å². The van der Waals surface area contributed by atoms with Crippen LogP contribution in [0.15, 0.2) is 9.52 Å². The minimum Gasteiger partial charge on any atom is -0.356 e. The molecule has 1 aromatic rings. The maximum absolute atomic E-state index is 5.10. The van der Waals surface area contributed by atoms with E-state index < -0.39 is 0 Å². The molecule has 8 heteroatoms. The molecule has 2 heterocycles. The van der Waals surface area contributed by atoms with Gasteiger partial charge in [0.1, 0.15) is 0 Å². The van der Waals surface area contributed by atoms with Crippen LogP contribution in [-0.2, 0) is 6.42 Å². The van der Waals surface area contributed by atoms with Crippen LogP contribution in [0, 0.1) is 6.92 Å². The molecule has 1 aliphatic heterocycles. The van der Waals surface area contributed by atoms with Gasteiger partial charge in [-0.05, 0) is 52.2 Å². The second kappa shape index (κ2) is 13.3. The summed E-state index contributed by atoms with van der Waals surface area (Å²) in [5.41, 5.74) is 0. The molecule has 25 heavy (non-hydrogen) atoms. The molecule has 0 aliphatic carbocycles. The van der Waals surface area contributed by atoms with Gasteiger partial charge in [-0.2, -0.15) is 4.98 Å². The van der Waals surface area contributed by atoms with Gasteiger partial charge >= 0.3 is 0 Å². The molecular weight excluding hydrogens is 431 g/mol. The summed E-state index contributed by atoms with van der Waals surface area (Å²) in [5.74, 6) is 2.27. The largest absolute Gasteiger partial charge is 0.356 e. The predicted molar refractivity (Wildman–Crippen MR) is 112 cm³/mol. The highest BCUT2D eigenvalue weighted by Gasteiger charge is 2.08. The predicted octanol–water partition coefficient (Wildman–Crippen LogP) is 2.36. The maximum Gasteiger partial charge on any atom is 0.226 e. The van der Waals surface area contributed by atoms with Crippen molar-refractivity contribution in [3.63, 3.8) is 0 Å². The number of rotatable bonds is 8. The summed E-state index contributed by atoms with van der Waals surface area (Å²) in [6, 6.07) is 0. The van der Waals surface area contributed by atoms with E-state index in [1.54, 1.807) is 0 Å². The lowest BCUT2D eigenvalue weighted by molar-refractivity contribution is 0.282. The molecule has 144 valence electrons. The summed E-state index contributed by atoms with van der Waals surface area (Å²) >= 11 is 0. The van der Waals surface area contributed by atoms with E-state index in [0.717, 1.165) is 38.3 Å². The Kier molecular flexibility index (Phi) is 11.8. The Balaban J connectivity index is 0.00000312. The Labute approximate surface area is 168 Å². The van der Waals surface area contributed by atoms with Crippen molar-refractivity contribution >= 4 is 29.9 Å². The van der Waals surface area contributed by atoms with E-state index in [9.17, 15) is 0 Å². The average molecular weight is 464 g/mol. The van der Waals surface area contributed by atoms with Crippen molar-refractivity contribution in [3.8, 4) is 0 Å². The van der Waals surface area contributed by atoms with E-state index in [0.29, 0.717) is 11.7 Å². The van der Waals surface area contributed by atoms with E-state index in [1.165, 1.54) is 45.3 Å². The summed E-state index contributed by atoms with van der Waals surface area (Å²) in [7, 11) is 1.81. The Morgan fingerprint density at radius 2 is 1.80 bits per heavy atom. The standard InChI is InChI=1S/C17H32N6O.HI/c1-15-21-16(24-22-15)9-7-10-19-17(18-2)20-11-8-14-23-12-5-3-4-6-13-23;/h3-14H2,1-2H3,(H2,18,19,20);1H. The quantitative estimate of drug-likeness (QED) is 0.266. The van der Waals surface area contributed by atoms with Crippen molar-refractivity contribution in [2.24, 2.45) is 4.99 Å². The molecular formula is C17H33IN6O. The molecule has 0 aromatic carbocycles. The summed E-state index contributed by atoms with van der Waals surface area (Å²) in [6.45, 7) is 7.35. The van der Waals surface area contributed by atoms with Crippen molar-refractivity contribution in [2.75, 3.05) is 39.8 Å². The minimum atomic E-state index is 0. The number of nitrogens with one attached hydrogen (secondary N) is 2. The molecule has 2 N–H and O–H groups in total. The van der Waals surface area contributed by atoms with Crippen LogP contribution in [-0.4, -0.2) is 60.8 Å². The highest BCUT2D eigenvalue weighted by Crippen LogP contribution is 2.09. The smallest absolute Gasteiger partial charge is 0.226 e. The monoisotopic (exact) mass is 464 g/mol. The van der Waals surface area contributed by atoms with Gasteiger partial charge in [0.25, 0.3) is 0 Å². The molecule has 1 fully saturated rings. The summed E-state index contributed by atoms with van der Waals surface area (Å²) in [4.78, 5) is 11.1. The molecule has 0 radical (unpaired) electrons. The fraction of sp³-hybridized carbons (Fsp3) is 0.824. The SMILES string of the molecule is CN=C(NCCCc1nc(C)no1)NCCCN1CCCCCC1.I. The lowest BCUT2D eigenvalue weighted by atomic mass is 10.2. The normalized spacial score (nSPS) is 16.2. The van der Waals surface area contributed by atoms with Gasteiger partial charge in [0.2, 0.25) is 5.89 Å². The number of hydrogen-bond donors (Lipinski definition) is 2. The van der Waals surface area contributed by atoms with E-state index in [-0.39, 0.29) is 24.0 Å². The van der Waals surface area contributed by atoms with E-state index in [4.69, 9.17) is 4.52 Å². The summed E-state index contributed by atoms with van der Waals surface area (Å²) in [5, 5.41) is 10.5. The number of aliphatic imine (C=N–C) groups is 1. The third kappa shape index (κ3) is 9.39. The van der Waals surface area contributed by atoms with Crippen LogP contribution in [0.4, 0.5) is 0 Å². The molecule has 1 aliphatic rings. The molecule has 0 unspecified atom stereocenters. The van der Waals surface area contributed by atoms with Crippen LogP contribution in [0.2, 0.25) is 0 Å². The third-order valence-electron chi connectivity index (χ3n) is 4.30. The van der Waals surface area contributed by atoms with Gasteiger partial charge in [-0.25, -0.2) is 0 Å². The molecule has 0 amide bonds. The first kappa shape index (κ1) is 22.1. The number of likely N-dealkylation sites (tertiary alicyclic amines) is 1. The molecule has 0 atom stereocenters. The van der Waals surface area contributed by atoms with Gasteiger partial charge in [0.05, 0.1) is 0 Å². The van der Waals surface area contributed by atoms with Crippen LogP contribution in [0.5, 0.6) is 0 Å². The van der Waals surface area contributed by atoms with Crippen molar-refractivity contribution in [2.45, 2.75) is 51.9 Å². The number of hydrogen-bond acceptors (Lipinski definition) is 5. The van der Waals surface area contributed by atoms with Crippen molar-refractivity contribution in [1.82, 2.24) is 25.7 Å². The van der Waals surface area contributed by atoms with Gasteiger partial charge in [-0.1, -0.05) is 18.0 Å². The Morgan fingerprint density at radius 3 is 2.40 bits per heavy atom. The minimum absolute atomic E-state index is 0. The van der Waals surface area contributed by atoms with Gasteiger partial charge in [0.15, 0.2) is 11.8 Å². The zero-order valence-corrected chi connectivity index (χ0v) is 17.9. The zero-order valence-electron chi connectivity index (χ0n) is 15.6. The van der Waals surface area contributed by atoms with Gasteiger partial charge in [-0.3, -0.25) is 4.99 Å². The molecule has 7 nitrogen and oxygen atoms in total. The zero-order chi connectivity index (χ0) is 17.0. The second-order valence-electron chi connectivity index (χ2n) is 6.37. The van der Waals surface area contributed by atoms with Crippen molar-refractivity contribution in [1.29, 1.82) is 0 Å². The van der Waals surface area contributed by atoms with Crippen LogP contribution in [0.3, 0.4) is 0 Å². The van der Waals surface area contributed by atoms with E-state index >= 15 is 0 Å². The van der Waals surface area contributed by atoms with Gasteiger partial charge in [0, 0.05) is 26.6 Å². The van der Waals surface area contributed by atoms with E-state index in [1.807, 2.05) is 14.0 Å². The van der Waals surface area contributed by atoms with Crippen LogP contribution >= 0.6 is 24.0 Å². The van der Waals surface area contributed by atoms with Crippen LogP contribution in [0.1, 0.15) is 50.2 Å². The number of aromatic nitrogens is 2. The fourth-order valence-corrected chi connectivity index (χ4v) is 2.98. The van der Waals surface area contributed by atoms with Gasteiger partial charge in [-0.15, -0.1) is 24.0 Å². The topological polar surface area (TPSA) is 78.6 Å². The van der Waals surface area contributed by atoms with Crippen LogP contribution < -0.4 is 10.6 Å². The fourth-order valence-electron chi connectivity index (χ4n) is 2.98. The molecule has 2 rings (SSSR count).